The second-order valence-electron chi connectivity index (χ2n) is 1.71. The van der Waals surface area contributed by atoms with E-state index in [4.69, 9.17) is 5.53 Å². The predicted octanol–water partition coefficient (Wildman–Crippen LogP) is 1.30. The maximum atomic E-state index is 10.2. The van der Waals surface area contributed by atoms with Gasteiger partial charge in [-0.1, -0.05) is 18.5 Å². The van der Waals surface area contributed by atoms with Crippen LogP contribution < -0.4 is 0 Å². The molecule has 0 rings (SSSR count). The van der Waals surface area contributed by atoms with E-state index in [1.54, 1.807) is 0 Å². The summed E-state index contributed by atoms with van der Waals surface area (Å²) in [5, 5.41) is 2.19. The Balaban J connectivity index is 3.97. The van der Waals surface area contributed by atoms with E-state index in [1.807, 2.05) is 6.92 Å². The molecule has 0 aliphatic rings. The molecule has 0 saturated heterocycles. The fourth-order valence-electron chi connectivity index (χ4n) is 0.497. The molecule has 10 heavy (non-hydrogen) atoms. The van der Waals surface area contributed by atoms with Gasteiger partial charge in [0, 0.05) is 4.91 Å². The van der Waals surface area contributed by atoms with Gasteiger partial charge in [0.05, 0.1) is 0 Å². The first kappa shape index (κ1) is 9.42. The van der Waals surface area contributed by atoms with Crippen LogP contribution in [0, 0.1) is 0 Å². The van der Waals surface area contributed by atoms with Crippen LogP contribution in [0.15, 0.2) is 5.11 Å². The third-order valence-electron chi connectivity index (χ3n) is 0.938. The average Bonchev–Trinajstić information content (AvgIpc) is 1.87. The Hall–Kier alpha value is -0.580. The molecule has 0 aromatic carbocycles. The highest BCUT2D eigenvalue weighted by molar-refractivity contribution is 7.79. The molecule has 0 fully saturated rings. The smallest absolute Gasteiger partial charge is 0.100 e. The van der Waals surface area contributed by atoms with Crippen LogP contribution in [0.3, 0.4) is 0 Å². The molecule has 0 aromatic heterocycles. The van der Waals surface area contributed by atoms with Gasteiger partial charge in [-0.3, -0.25) is 4.21 Å². The van der Waals surface area contributed by atoms with Crippen molar-refractivity contribution in [1.29, 1.82) is 0 Å². The van der Waals surface area contributed by atoms with Gasteiger partial charge in [-0.05, 0) is 23.0 Å². The number of hydrogen-bond acceptors (Lipinski definition) is 3. The van der Waals surface area contributed by atoms with E-state index in [0.29, 0.717) is 12.8 Å². The lowest BCUT2D eigenvalue weighted by molar-refractivity contribution is 0.516. The zero-order valence-corrected chi connectivity index (χ0v) is 6.37. The van der Waals surface area contributed by atoms with Crippen LogP contribution in [0.25, 0.3) is 10.4 Å². The highest BCUT2D eigenvalue weighted by Gasteiger charge is 2.02. The van der Waals surface area contributed by atoms with Gasteiger partial charge in [0.1, 0.15) is 5.37 Å². The minimum atomic E-state index is -2.27. The molecule has 0 spiro atoms. The monoisotopic (exact) mass is 162 g/mol. The Bertz CT molecular complexity index is 164. The van der Waals surface area contributed by atoms with Gasteiger partial charge in [0.15, 0.2) is 0 Å². The maximum Gasteiger partial charge on any atom is 0.100 e. The summed E-state index contributed by atoms with van der Waals surface area (Å²) in [4.78, 5) is 2.41. The number of hydrogen-bond donors (Lipinski definition) is 0. The second-order valence-corrected chi connectivity index (χ2v) is 2.77. The zero-order valence-electron chi connectivity index (χ0n) is 5.56. The Morgan fingerprint density at radius 2 is 2.50 bits per heavy atom. The second kappa shape index (κ2) is 5.22. The molecule has 2 atom stereocenters. The minimum Gasteiger partial charge on any atom is -0.772 e. The van der Waals surface area contributed by atoms with Crippen molar-refractivity contribution in [3.05, 3.63) is 10.4 Å². The summed E-state index contributed by atoms with van der Waals surface area (Å²) in [6, 6.07) is 0. The number of nitrogens with zero attached hydrogens (tertiary/aromatic N) is 3. The molecule has 0 bridgehead atoms. The summed E-state index contributed by atoms with van der Waals surface area (Å²) in [5.41, 5.74) is 7.90. The van der Waals surface area contributed by atoms with Gasteiger partial charge in [0.2, 0.25) is 0 Å². The van der Waals surface area contributed by atoms with E-state index >= 15 is 0 Å². The SMILES string of the molecule is CCCC(N=[N+]=[N-])S(=O)[O-]. The van der Waals surface area contributed by atoms with Gasteiger partial charge >= 0.3 is 0 Å². The quantitative estimate of drug-likeness (QED) is 0.270. The van der Waals surface area contributed by atoms with Crippen LogP contribution >= 0.6 is 0 Å². The van der Waals surface area contributed by atoms with E-state index in [-0.39, 0.29) is 0 Å². The van der Waals surface area contributed by atoms with Crippen LogP contribution in [-0.2, 0) is 11.1 Å². The fourth-order valence-corrected chi connectivity index (χ4v) is 1.04. The molecule has 6 heteroatoms. The van der Waals surface area contributed by atoms with Crippen LogP contribution in [0.1, 0.15) is 19.8 Å². The van der Waals surface area contributed by atoms with Crippen LogP contribution in [0.4, 0.5) is 0 Å². The van der Waals surface area contributed by atoms with E-state index in [0.717, 1.165) is 0 Å². The highest BCUT2D eigenvalue weighted by atomic mass is 32.2. The summed E-state index contributed by atoms with van der Waals surface area (Å²) < 4.78 is 20.4. The van der Waals surface area contributed by atoms with Crippen LogP contribution in [0.2, 0.25) is 0 Å². The van der Waals surface area contributed by atoms with Crippen molar-refractivity contribution < 1.29 is 8.76 Å². The molecular weight excluding hydrogens is 154 g/mol. The van der Waals surface area contributed by atoms with Crippen molar-refractivity contribution in [2.45, 2.75) is 25.1 Å². The average molecular weight is 162 g/mol. The molecule has 0 aliphatic heterocycles. The van der Waals surface area contributed by atoms with Crippen LogP contribution in [-0.4, -0.2) is 14.1 Å². The lowest BCUT2D eigenvalue weighted by Crippen LogP contribution is -2.09. The highest BCUT2D eigenvalue weighted by Crippen LogP contribution is 2.04. The van der Waals surface area contributed by atoms with Crippen molar-refractivity contribution >= 4 is 11.1 Å². The molecule has 0 radical (unpaired) electrons. The lowest BCUT2D eigenvalue weighted by Gasteiger charge is -2.11. The van der Waals surface area contributed by atoms with Crippen LogP contribution in [0.5, 0.6) is 0 Å². The topological polar surface area (TPSA) is 88.9 Å². The van der Waals surface area contributed by atoms with Crippen molar-refractivity contribution in [1.82, 2.24) is 0 Å². The molecule has 5 nitrogen and oxygen atoms in total. The summed E-state index contributed by atoms with van der Waals surface area (Å²) >= 11 is -2.27. The minimum absolute atomic E-state index is 0.389. The largest absolute Gasteiger partial charge is 0.772 e. The summed E-state index contributed by atoms with van der Waals surface area (Å²) in [5.74, 6) is 0. The maximum absolute atomic E-state index is 10.2. The molecule has 0 aliphatic carbocycles. The standard InChI is InChI=1S/C4H9N3O2S/c1-2-3-4(6-7-5)10(8)9/h4H,2-3H2,1H3,(H,8,9)/p-1. The molecule has 0 aromatic rings. The fraction of sp³-hybridized carbons (Fsp3) is 1.00. The summed E-state index contributed by atoms with van der Waals surface area (Å²) in [6.45, 7) is 1.83. The third kappa shape index (κ3) is 3.45. The number of rotatable bonds is 4. The first-order valence-corrected chi connectivity index (χ1v) is 3.98. The lowest BCUT2D eigenvalue weighted by atomic mass is 10.3. The Morgan fingerprint density at radius 1 is 1.90 bits per heavy atom. The van der Waals surface area contributed by atoms with E-state index in [1.165, 1.54) is 0 Å². The summed E-state index contributed by atoms with van der Waals surface area (Å²) in [7, 11) is 0. The van der Waals surface area contributed by atoms with E-state index < -0.39 is 16.5 Å². The van der Waals surface area contributed by atoms with E-state index in [9.17, 15) is 8.76 Å². The van der Waals surface area contributed by atoms with Gasteiger partial charge in [-0.15, -0.1) is 0 Å². The Kier molecular flexibility index (Phi) is 4.92. The van der Waals surface area contributed by atoms with E-state index in [2.05, 4.69) is 10.0 Å². The van der Waals surface area contributed by atoms with Crippen molar-refractivity contribution in [2.24, 2.45) is 5.11 Å². The molecule has 0 heterocycles. The zero-order chi connectivity index (χ0) is 7.98. The van der Waals surface area contributed by atoms with Gasteiger partial charge in [-0.2, -0.15) is 0 Å². The Morgan fingerprint density at radius 3 is 2.80 bits per heavy atom. The molecule has 0 amide bonds. The molecule has 0 saturated carbocycles. The Labute approximate surface area is 61.3 Å². The molecule has 58 valence electrons. The first-order valence-electron chi connectivity index (χ1n) is 2.84. The van der Waals surface area contributed by atoms with Gasteiger partial charge < -0.3 is 4.55 Å². The predicted molar refractivity (Wildman–Crippen MR) is 36.8 cm³/mol. The molecule has 0 N–H and O–H groups in total. The van der Waals surface area contributed by atoms with Gasteiger partial charge in [0.25, 0.3) is 0 Å². The van der Waals surface area contributed by atoms with Crippen molar-refractivity contribution in [3.8, 4) is 0 Å². The normalized spacial score (nSPS) is 15.4. The molecular formula is C4H8N3O2S-. The molecule has 2 unspecified atom stereocenters. The number of azide groups is 1. The first-order chi connectivity index (χ1) is 4.72. The van der Waals surface area contributed by atoms with Crippen molar-refractivity contribution in [3.63, 3.8) is 0 Å². The summed E-state index contributed by atoms with van der Waals surface area (Å²) in [6.07, 6.45) is 1.08. The van der Waals surface area contributed by atoms with Gasteiger partial charge in [-0.25, -0.2) is 0 Å². The van der Waals surface area contributed by atoms with Crippen molar-refractivity contribution in [2.75, 3.05) is 0 Å². The third-order valence-corrected chi connectivity index (χ3v) is 1.71.